The van der Waals surface area contributed by atoms with Crippen LogP contribution in [0.3, 0.4) is 0 Å². The van der Waals surface area contributed by atoms with Gasteiger partial charge in [0.15, 0.2) is 0 Å². The Balaban J connectivity index is 2.20. The average Bonchev–Trinajstić information content (AvgIpc) is 2.74. The number of hydrogen-bond donors (Lipinski definition) is 0. The lowest BCUT2D eigenvalue weighted by molar-refractivity contribution is -0.00965. The van der Waals surface area contributed by atoms with Gasteiger partial charge in [-0.3, -0.25) is 0 Å². The van der Waals surface area contributed by atoms with Gasteiger partial charge in [0.1, 0.15) is 11.2 Å². The Bertz CT molecular complexity index is 712. The van der Waals surface area contributed by atoms with Crippen molar-refractivity contribution in [2.24, 2.45) is 0 Å². The molecule has 2 unspecified atom stereocenters. The normalized spacial score (nSPS) is 13.9. The average molecular weight is 420 g/mol. The topological polar surface area (TPSA) is 9.23 Å². The highest BCUT2D eigenvalue weighted by Gasteiger charge is 2.40. The van der Waals surface area contributed by atoms with Gasteiger partial charge in [-0.1, -0.05) is 103 Å². The maximum Gasteiger partial charge on any atom is 0.149 e. The first-order valence-electron chi connectivity index (χ1n) is 8.87. The fourth-order valence-corrected chi connectivity index (χ4v) is 3.97. The van der Waals surface area contributed by atoms with Crippen molar-refractivity contribution < 1.29 is 4.74 Å². The molecule has 0 bridgehead atoms. The summed E-state index contributed by atoms with van der Waals surface area (Å²) in [5, 5.41) is -0.403. The zero-order valence-electron chi connectivity index (χ0n) is 14.8. The van der Waals surface area contributed by atoms with Crippen molar-refractivity contribution in [2.45, 2.75) is 23.0 Å². The molecule has 0 fully saturated rings. The second-order valence-corrected chi connectivity index (χ2v) is 7.61. The molecule has 3 aromatic rings. The van der Waals surface area contributed by atoms with Gasteiger partial charge < -0.3 is 4.74 Å². The van der Waals surface area contributed by atoms with Crippen molar-refractivity contribution >= 4 is 34.8 Å². The molecule has 0 spiro atoms. The summed E-state index contributed by atoms with van der Waals surface area (Å²) < 4.78 is 6.59. The molecule has 3 aromatic carbocycles. The van der Waals surface area contributed by atoms with Gasteiger partial charge in [0, 0.05) is 5.88 Å². The molecule has 0 amide bonds. The molecule has 3 rings (SSSR count). The minimum atomic E-state index is -0.879. The Hall–Kier alpha value is -1.51. The van der Waals surface area contributed by atoms with E-state index in [0.717, 1.165) is 16.7 Å². The molecule has 0 heterocycles. The Morgan fingerprint density at radius 2 is 1.04 bits per heavy atom. The van der Waals surface area contributed by atoms with E-state index >= 15 is 0 Å². The number of halogens is 3. The van der Waals surface area contributed by atoms with Crippen LogP contribution in [0.15, 0.2) is 91.0 Å². The van der Waals surface area contributed by atoms with E-state index in [9.17, 15) is 0 Å². The molecule has 4 heteroatoms. The summed E-state index contributed by atoms with van der Waals surface area (Å²) in [6.45, 7) is 0. The molecule has 0 saturated carbocycles. The van der Waals surface area contributed by atoms with Crippen LogP contribution in [0.25, 0.3) is 0 Å². The van der Waals surface area contributed by atoms with Gasteiger partial charge in [-0.25, -0.2) is 0 Å². The smallest absolute Gasteiger partial charge is 0.149 e. The summed E-state index contributed by atoms with van der Waals surface area (Å²) in [7, 11) is 0. The second-order valence-electron chi connectivity index (χ2n) is 6.24. The van der Waals surface area contributed by atoms with Crippen LogP contribution in [0.5, 0.6) is 0 Å². The van der Waals surface area contributed by atoms with Gasteiger partial charge >= 0.3 is 0 Å². The minimum Gasteiger partial charge on any atom is -0.340 e. The molecule has 0 saturated heterocycles. The zero-order chi connectivity index (χ0) is 19.1. The fourth-order valence-electron chi connectivity index (χ4n) is 3.20. The highest BCUT2D eigenvalue weighted by atomic mass is 35.5. The Labute approximate surface area is 175 Å². The van der Waals surface area contributed by atoms with Gasteiger partial charge in [-0.15, -0.1) is 23.2 Å². The second kappa shape index (κ2) is 9.61. The largest absolute Gasteiger partial charge is 0.340 e. The van der Waals surface area contributed by atoms with E-state index in [2.05, 4.69) is 0 Å². The SMILES string of the molecule is ClCCC(Cl)C(Cl)OC(c1ccccc1)(c1ccccc1)c1ccccc1. The van der Waals surface area contributed by atoms with Crippen LogP contribution in [-0.4, -0.2) is 16.8 Å². The third-order valence-electron chi connectivity index (χ3n) is 4.50. The summed E-state index contributed by atoms with van der Waals surface area (Å²) in [5.74, 6) is 0.426. The summed E-state index contributed by atoms with van der Waals surface area (Å²) in [6.07, 6.45) is 0.561. The zero-order valence-corrected chi connectivity index (χ0v) is 17.0. The molecule has 27 heavy (non-hydrogen) atoms. The van der Waals surface area contributed by atoms with Crippen LogP contribution in [0, 0.1) is 0 Å². The molecule has 1 nitrogen and oxygen atoms in total. The predicted octanol–water partition coefficient (Wildman–Crippen LogP) is 6.80. The molecule has 0 aliphatic carbocycles. The third kappa shape index (κ3) is 4.50. The molecule has 0 aliphatic heterocycles. The number of rotatable bonds is 8. The van der Waals surface area contributed by atoms with Gasteiger partial charge in [-0.2, -0.15) is 0 Å². The Kier molecular flexibility index (Phi) is 7.20. The number of alkyl halides is 3. The summed E-state index contributed by atoms with van der Waals surface area (Å²) >= 11 is 19.0. The van der Waals surface area contributed by atoms with E-state index in [1.807, 2.05) is 91.0 Å². The van der Waals surface area contributed by atoms with Gasteiger partial charge in [0.2, 0.25) is 0 Å². The van der Waals surface area contributed by atoms with Crippen molar-refractivity contribution in [1.29, 1.82) is 0 Å². The van der Waals surface area contributed by atoms with Crippen LogP contribution in [0.4, 0.5) is 0 Å². The molecule has 0 radical (unpaired) electrons. The van der Waals surface area contributed by atoms with Crippen molar-refractivity contribution in [3.8, 4) is 0 Å². The molecule has 0 aliphatic rings. The van der Waals surface area contributed by atoms with Crippen LogP contribution >= 0.6 is 34.8 Å². The van der Waals surface area contributed by atoms with E-state index in [4.69, 9.17) is 39.5 Å². The summed E-state index contributed by atoms with van der Waals surface area (Å²) in [4.78, 5) is 0. The maximum absolute atomic E-state index is 6.63. The molecular weight excluding hydrogens is 399 g/mol. The van der Waals surface area contributed by atoms with E-state index < -0.39 is 16.5 Å². The summed E-state index contributed by atoms with van der Waals surface area (Å²) in [6, 6.07) is 30.3. The first kappa shape index (κ1) is 20.2. The van der Waals surface area contributed by atoms with Crippen molar-refractivity contribution in [2.75, 3.05) is 5.88 Å². The van der Waals surface area contributed by atoms with Crippen LogP contribution in [0.2, 0.25) is 0 Å². The van der Waals surface area contributed by atoms with Crippen molar-refractivity contribution in [3.63, 3.8) is 0 Å². The molecule has 0 N–H and O–H groups in total. The van der Waals surface area contributed by atoms with Crippen LogP contribution < -0.4 is 0 Å². The van der Waals surface area contributed by atoms with E-state index in [-0.39, 0.29) is 0 Å². The quantitative estimate of drug-likeness (QED) is 0.288. The van der Waals surface area contributed by atoms with Crippen LogP contribution in [0.1, 0.15) is 23.1 Å². The third-order valence-corrected chi connectivity index (χ3v) is 5.69. The monoisotopic (exact) mass is 418 g/mol. The van der Waals surface area contributed by atoms with Gasteiger partial charge in [-0.05, 0) is 23.1 Å². The number of benzene rings is 3. The van der Waals surface area contributed by atoms with Crippen molar-refractivity contribution in [1.82, 2.24) is 0 Å². The Morgan fingerprint density at radius 3 is 1.37 bits per heavy atom. The molecule has 140 valence electrons. The Morgan fingerprint density at radius 1 is 0.667 bits per heavy atom. The van der Waals surface area contributed by atoms with Gasteiger partial charge in [0.05, 0.1) is 5.38 Å². The minimum absolute atomic E-state index is 0.403. The number of ether oxygens (including phenoxy) is 1. The number of hydrogen-bond acceptors (Lipinski definition) is 1. The van der Waals surface area contributed by atoms with E-state index in [1.54, 1.807) is 0 Å². The molecule has 2 atom stereocenters. The maximum atomic E-state index is 6.63. The molecular formula is C23H21Cl3O. The lowest BCUT2D eigenvalue weighted by atomic mass is 9.80. The standard InChI is InChI=1S/C23H21Cl3O/c24-17-16-21(25)22(26)27-23(18-10-4-1-5-11-18,19-12-6-2-7-13-19)20-14-8-3-9-15-20/h1-15,21-22H,16-17H2. The lowest BCUT2D eigenvalue weighted by Crippen LogP contribution is -2.38. The van der Waals surface area contributed by atoms with E-state index in [0.29, 0.717) is 12.3 Å². The van der Waals surface area contributed by atoms with Crippen LogP contribution in [-0.2, 0) is 10.3 Å². The van der Waals surface area contributed by atoms with E-state index in [1.165, 1.54) is 0 Å². The first-order chi connectivity index (χ1) is 13.2. The lowest BCUT2D eigenvalue weighted by Gasteiger charge is -2.38. The highest BCUT2D eigenvalue weighted by Crippen LogP contribution is 2.42. The summed E-state index contributed by atoms with van der Waals surface area (Å²) in [5.41, 5.74) is 1.37. The first-order valence-corrected chi connectivity index (χ1v) is 10.3. The van der Waals surface area contributed by atoms with Gasteiger partial charge in [0.25, 0.3) is 0 Å². The predicted molar refractivity (Wildman–Crippen MR) is 115 cm³/mol. The van der Waals surface area contributed by atoms with Crippen molar-refractivity contribution in [3.05, 3.63) is 108 Å². The molecule has 0 aromatic heterocycles. The highest BCUT2D eigenvalue weighted by molar-refractivity contribution is 6.29. The fraction of sp³-hybridized carbons (Fsp3) is 0.217.